The fraction of sp³-hybridized carbons (Fsp3) is 0.591. The van der Waals surface area contributed by atoms with Crippen molar-refractivity contribution in [2.24, 2.45) is 5.92 Å². The zero-order chi connectivity index (χ0) is 20.2. The first-order valence-corrected chi connectivity index (χ1v) is 11.6. The summed E-state index contributed by atoms with van der Waals surface area (Å²) in [5.74, 6) is 0.360. The second-order valence-corrected chi connectivity index (χ2v) is 9.23. The molecule has 0 saturated carbocycles. The molecule has 156 valence electrons. The average molecular weight is 417 g/mol. The fourth-order valence-corrected chi connectivity index (χ4v) is 5.66. The topological polar surface area (TPSA) is 63.9 Å². The van der Waals surface area contributed by atoms with Crippen molar-refractivity contribution in [2.75, 3.05) is 39.3 Å². The first kappa shape index (κ1) is 20.3. The minimum Gasteiger partial charge on any atom is -0.466 e. The van der Waals surface area contributed by atoms with Crippen molar-refractivity contribution in [3.05, 3.63) is 29.3 Å². The van der Waals surface area contributed by atoms with Gasteiger partial charge in [-0.1, -0.05) is 12.1 Å². The molecule has 29 heavy (non-hydrogen) atoms. The number of likely N-dealkylation sites (tertiary alicyclic amines) is 2. The Morgan fingerprint density at radius 2 is 2.14 bits per heavy atom. The highest BCUT2D eigenvalue weighted by Crippen LogP contribution is 2.32. The molecule has 6 nitrogen and oxygen atoms in total. The molecule has 2 fully saturated rings. The number of para-hydroxylation sites is 1. The number of hydrogen-bond donors (Lipinski definition) is 1. The Labute approximate surface area is 175 Å². The summed E-state index contributed by atoms with van der Waals surface area (Å²) in [6.07, 6.45) is 3.96. The summed E-state index contributed by atoms with van der Waals surface area (Å²) in [4.78, 5) is 33.1. The van der Waals surface area contributed by atoms with Crippen LogP contribution in [0, 0.1) is 5.92 Å². The maximum Gasteiger partial charge on any atom is 0.314 e. The van der Waals surface area contributed by atoms with Crippen molar-refractivity contribution in [1.29, 1.82) is 0 Å². The summed E-state index contributed by atoms with van der Waals surface area (Å²) in [5, 5.41) is 1.15. The highest BCUT2D eigenvalue weighted by Gasteiger charge is 2.33. The van der Waals surface area contributed by atoms with E-state index in [9.17, 15) is 9.59 Å². The third-order valence-corrected chi connectivity index (χ3v) is 7.27. The lowest BCUT2D eigenvalue weighted by atomic mass is 9.97. The Morgan fingerprint density at radius 1 is 1.28 bits per heavy atom. The predicted molar refractivity (Wildman–Crippen MR) is 113 cm³/mol. The number of piperidine rings is 2. The lowest BCUT2D eigenvalue weighted by molar-refractivity contribution is -0.899. The Hall–Kier alpha value is -1.99. The van der Waals surface area contributed by atoms with Gasteiger partial charge in [-0.25, -0.2) is 4.98 Å². The van der Waals surface area contributed by atoms with Crippen molar-refractivity contribution < 1.29 is 19.2 Å². The fourth-order valence-electron chi connectivity index (χ4n) is 4.57. The molecule has 1 N–H and O–H groups in total. The largest absolute Gasteiger partial charge is 0.466 e. The SMILES string of the molecule is CCOC(=O)[C@H]1CCC[NH+](CC(=O)N2CCC[C@H](c3nc4ccccc4s3)C2)C1. The van der Waals surface area contributed by atoms with Gasteiger partial charge in [0.25, 0.3) is 5.91 Å². The second-order valence-electron chi connectivity index (χ2n) is 8.17. The monoisotopic (exact) mass is 416 g/mol. The van der Waals surface area contributed by atoms with Crippen LogP contribution in [0.4, 0.5) is 0 Å². The molecule has 1 aromatic carbocycles. The molecule has 0 bridgehead atoms. The number of benzene rings is 1. The smallest absolute Gasteiger partial charge is 0.314 e. The number of nitrogens with zero attached hydrogens (tertiary/aromatic N) is 2. The molecule has 3 heterocycles. The molecule has 1 unspecified atom stereocenters. The number of amides is 1. The van der Waals surface area contributed by atoms with Gasteiger partial charge in [0.05, 0.1) is 34.9 Å². The maximum atomic E-state index is 13.0. The Balaban J connectivity index is 1.35. The van der Waals surface area contributed by atoms with Crippen LogP contribution in [-0.2, 0) is 14.3 Å². The Morgan fingerprint density at radius 3 is 2.97 bits per heavy atom. The first-order chi connectivity index (χ1) is 14.1. The molecule has 7 heteroatoms. The van der Waals surface area contributed by atoms with E-state index in [-0.39, 0.29) is 17.8 Å². The molecule has 0 radical (unpaired) electrons. The Bertz CT molecular complexity index is 835. The van der Waals surface area contributed by atoms with E-state index in [2.05, 4.69) is 12.1 Å². The number of thiazole rings is 1. The molecule has 1 amide bonds. The molecule has 2 aromatic rings. The van der Waals surface area contributed by atoms with Crippen LogP contribution < -0.4 is 4.90 Å². The number of esters is 1. The van der Waals surface area contributed by atoms with Gasteiger partial charge in [0, 0.05) is 19.0 Å². The lowest BCUT2D eigenvalue weighted by Crippen LogP contribution is -3.14. The summed E-state index contributed by atoms with van der Waals surface area (Å²) < 4.78 is 6.40. The van der Waals surface area contributed by atoms with E-state index < -0.39 is 0 Å². The van der Waals surface area contributed by atoms with E-state index >= 15 is 0 Å². The quantitative estimate of drug-likeness (QED) is 0.756. The van der Waals surface area contributed by atoms with Gasteiger partial charge in [-0.2, -0.15) is 0 Å². The van der Waals surface area contributed by atoms with Crippen molar-refractivity contribution in [2.45, 2.75) is 38.5 Å². The summed E-state index contributed by atoms with van der Waals surface area (Å²) in [6, 6.07) is 8.24. The lowest BCUT2D eigenvalue weighted by Gasteiger charge is -2.34. The summed E-state index contributed by atoms with van der Waals surface area (Å²) in [6.45, 7) is 5.98. The van der Waals surface area contributed by atoms with Crippen LogP contribution >= 0.6 is 11.3 Å². The molecule has 2 aliphatic heterocycles. The van der Waals surface area contributed by atoms with Gasteiger partial charge in [-0.15, -0.1) is 11.3 Å². The molecule has 2 aliphatic rings. The number of quaternary nitrogens is 1. The van der Waals surface area contributed by atoms with Gasteiger partial charge in [-0.3, -0.25) is 9.59 Å². The van der Waals surface area contributed by atoms with E-state index in [4.69, 9.17) is 9.72 Å². The van der Waals surface area contributed by atoms with Gasteiger partial charge in [0.15, 0.2) is 6.54 Å². The number of hydrogen-bond acceptors (Lipinski definition) is 5. The number of aromatic nitrogens is 1. The van der Waals surface area contributed by atoms with E-state index in [1.807, 2.05) is 24.0 Å². The standard InChI is InChI=1S/C22H29N3O3S/c1-2-28-22(27)17-8-5-11-24(13-17)15-20(26)25-12-6-7-16(14-25)21-23-18-9-3-4-10-19(18)29-21/h3-4,9-10,16-17H,2,5-8,11-15H2,1H3/p+1/t16-,17-/m0/s1. The van der Waals surface area contributed by atoms with Crippen LogP contribution in [0.3, 0.4) is 0 Å². The average Bonchev–Trinajstić information content (AvgIpc) is 3.18. The van der Waals surface area contributed by atoms with Crippen LogP contribution in [0.15, 0.2) is 24.3 Å². The van der Waals surface area contributed by atoms with E-state index in [0.717, 1.165) is 55.8 Å². The van der Waals surface area contributed by atoms with Gasteiger partial charge in [-0.05, 0) is 44.7 Å². The van der Waals surface area contributed by atoms with Gasteiger partial charge < -0.3 is 14.5 Å². The molecule has 4 rings (SSSR count). The maximum absolute atomic E-state index is 13.0. The second kappa shape index (κ2) is 9.22. The van der Waals surface area contributed by atoms with Crippen LogP contribution in [0.2, 0.25) is 0 Å². The van der Waals surface area contributed by atoms with Gasteiger partial charge in [0.1, 0.15) is 5.92 Å². The number of nitrogens with one attached hydrogen (secondary N) is 1. The third kappa shape index (κ3) is 4.78. The minimum atomic E-state index is -0.106. The van der Waals surface area contributed by atoms with Crippen molar-refractivity contribution in [3.8, 4) is 0 Å². The van der Waals surface area contributed by atoms with E-state index in [1.54, 1.807) is 11.3 Å². The van der Waals surface area contributed by atoms with Crippen LogP contribution in [0.25, 0.3) is 10.2 Å². The van der Waals surface area contributed by atoms with Crippen molar-refractivity contribution in [3.63, 3.8) is 0 Å². The highest BCUT2D eigenvalue weighted by molar-refractivity contribution is 7.18. The number of fused-ring (bicyclic) bond motifs is 1. The first-order valence-electron chi connectivity index (χ1n) is 10.8. The third-order valence-electron chi connectivity index (χ3n) is 6.07. The summed E-state index contributed by atoms with van der Waals surface area (Å²) in [7, 11) is 0. The van der Waals surface area contributed by atoms with Gasteiger partial charge >= 0.3 is 5.97 Å². The molecule has 3 atom stereocenters. The molecule has 1 aromatic heterocycles. The highest BCUT2D eigenvalue weighted by atomic mass is 32.1. The van der Waals surface area contributed by atoms with E-state index in [0.29, 0.717) is 25.6 Å². The normalized spacial score (nSPS) is 25.1. The number of carbonyl (C=O) groups excluding carboxylic acids is 2. The molecule has 0 spiro atoms. The molecular formula is C22H30N3O3S+. The summed E-state index contributed by atoms with van der Waals surface area (Å²) in [5.41, 5.74) is 1.05. The predicted octanol–water partition coefficient (Wildman–Crippen LogP) is 1.86. The zero-order valence-electron chi connectivity index (χ0n) is 17.1. The summed E-state index contributed by atoms with van der Waals surface area (Å²) >= 11 is 1.76. The Kier molecular flexibility index (Phi) is 6.45. The molecule has 2 saturated heterocycles. The molecular weight excluding hydrogens is 386 g/mol. The number of rotatable bonds is 5. The number of carbonyl (C=O) groups is 2. The van der Waals surface area contributed by atoms with Gasteiger partial charge in [0.2, 0.25) is 0 Å². The van der Waals surface area contributed by atoms with Crippen molar-refractivity contribution >= 4 is 33.4 Å². The van der Waals surface area contributed by atoms with Crippen molar-refractivity contribution in [1.82, 2.24) is 9.88 Å². The zero-order valence-corrected chi connectivity index (χ0v) is 17.9. The number of ether oxygens (including phenoxy) is 1. The molecule has 0 aliphatic carbocycles. The van der Waals surface area contributed by atoms with E-state index in [1.165, 1.54) is 9.60 Å². The van der Waals surface area contributed by atoms with Crippen LogP contribution in [0.5, 0.6) is 0 Å². The minimum absolute atomic E-state index is 0.0663. The van der Waals surface area contributed by atoms with Crippen LogP contribution in [0.1, 0.15) is 43.5 Å². The van der Waals surface area contributed by atoms with Crippen LogP contribution in [-0.4, -0.2) is 61.1 Å².